The molecule has 3 nitrogen and oxygen atoms in total. The van der Waals surface area contributed by atoms with Crippen LogP contribution in [0.25, 0.3) is 0 Å². The molecule has 4 heteroatoms. The second kappa shape index (κ2) is 7.12. The summed E-state index contributed by atoms with van der Waals surface area (Å²) in [5, 5.41) is 4.59. The van der Waals surface area contributed by atoms with Gasteiger partial charge >= 0.3 is 0 Å². The minimum atomic E-state index is 0.530. The Bertz CT molecular complexity index is 588. The van der Waals surface area contributed by atoms with Crippen molar-refractivity contribution in [3.05, 3.63) is 45.7 Å². The van der Waals surface area contributed by atoms with Crippen LogP contribution in [0.1, 0.15) is 50.6 Å². The molecule has 2 rings (SSSR count). The average molecular weight is 351 g/mol. The Morgan fingerprint density at radius 1 is 1.19 bits per heavy atom. The SMILES string of the molecule is CCc1nn(CC)c(COc2ccc(C(C)C)cc2)c1Br. The van der Waals surface area contributed by atoms with E-state index in [0.29, 0.717) is 12.5 Å². The molecule has 0 radical (unpaired) electrons. The summed E-state index contributed by atoms with van der Waals surface area (Å²) in [6.45, 7) is 9.98. The second-order valence-electron chi connectivity index (χ2n) is 5.39. The van der Waals surface area contributed by atoms with Crippen LogP contribution in [0.2, 0.25) is 0 Å². The highest BCUT2D eigenvalue weighted by atomic mass is 79.9. The molecular weight excluding hydrogens is 328 g/mol. The van der Waals surface area contributed by atoms with Crippen LogP contribution in [0.5, 0.6) is 5.75 Å². The summed E-state index contributed by atoms with van der Waals surface area (Å²) in [4.78, 5) is 0. The quantitative estimate of drug-likeness (QED) is 0.738. The van der Waals surface area contributed by atoms with Crippen LogP contribution in [-0.2, 0) is 19.6 Å². The smallest absolute Gasteiger partial charge is 0.131 e. The van der Waals surface area contributed by atoms with Gasteiger partial charge in [0.25, 0.3) is 0 Å². The number of aryl methyl sites for hydroxylation is 2. The van der Waals surface area contributed by atoms with E-state index in [4.69, 9.17) is 4.74 Å². The Balaban J connectivity index is 2.10. The molecule has 21 heavy (non-hydrogen) atoms. The van der Waals surface area contributed by atoms with Gasteiger partial charge in [0.05, 0.1) is 15.9 Å². The van der Waals surface area contributed by atoms with Crippen molar-refractivity contribution in [1.82, 2.24) is 9.78 Å². The molecule has 0 saturated heterocycles. The van der Waals surface area contributed by atoms with Crippen molar-refractivity contribution in [3.8, 4) is 5.75 Å². The zero-order valence-electron chi connectivity index (χ0n) is 13.2. The molecule has 2 aromatic rings. The number of rotatable bonds is 6. The van der Waals surface area contributed by atoms with Gasteiger partial charge in [0.15, 0.2) is 0 Å². The lowest BCUT2D eigenvalue weighted by Gasteiger charge is -2.10. The molecule has 114 valence electrons. The van der Waals surface area contributed by atoms with Crippen LogP contribution in [-0.4, -0.2) is 9.78 Å². The van der Waals surface area contributed by atoms with Gasteiger partial charge in [-0.05, 0) is 52.9 Å². The van der Waals surface area contributed by atoms with E-state index in [1.165, 1.54) is 5.56 Å². The lowest BCUT2D eigenvalue weighted by atomic mass is 10.0. The molecule has 0 spiro atoms. The largest absolute Gasteiger partial charge is 0.487 e. The highest BCUT2D eigenvalue weighted by Gasteiger charge is 2.14. The molecule has 0 amide bonds. The van der Waals surface area contributed by atoms with Gasteiger partial charge in [-0.15, -0.1) is 0 Å². The van der Waals surface area contributed by atoms with E-state index < -0.39 is 0 Å². The van der Waals surface area contributed by atoms with Crippen molar-refractivity contribution >= 4 is 15.9 Å². The fraction of sp³-hybridized carbons (Fsp3) is 0.471. The topological polar surface area (TPSA) is 27.1 Å². The van der Waals surface area contributed by atoms with Gasteiger partial charge in [-0.25, -0.2) is 0 Å². The maximum absolute atomic E-state index is 5.92. The van der Waals surface area contributed by atoms with Crippen molar-refractivity contribution in [3.63, 3.8) is 0 Å². The second-order valence-corrected chi connectivity index (χ2v) is 6.18. The monoisotopic (exact) mass is 350 g/mol. The predicted molar refractivity (Wildman–Crippen MR) is 89.8 cm³/mol. The van der Waals surface area contributed by atoms with Gasteiger partial charge in [-0.1, -0.05) is 32.9 Å². The van der Waals surface area contributed by atoms with Crippen LogP contribution >= 0.6 is 15.9 Å². The number of aromatic nitrogens is 2. The normalized spacial score (nSPS) is 11.1. The van der Waals surface area contributed by atoms with E-state index >= 15 is 0 Å². The van der Waals surface area contributed by atoms with Gasteiger partial charge < -0.3 is 4.74 Å². The Hall–Kier alpha value is -1.29. The lowest BCUT2D eigenvalue weighted by Crippen LogP contribution is -2.06. The standard InChI is InChI=1S/C17H23BrN2O/c1-5-15-17(18)16(20(6-2)19-15)11-21-14-9-7-13(8-10-14)12(3)4/h7-10,12H,5-6,11H2,1-4H3. The van der Waals surface area contributed by atoms with Crippen molar-refractivity contribution in [2.75, 3.05) is 0 Å². The van der Waals surface area contributed by atoms with E-state index in [0.717, 1.165) is 34.6 Å². The molecule has 0 N–H and O–H groups in total. The first-order valence-electron chi connectivity index (χ1n) is 7.53. The number of ether oxygens (including phenoxy) is 1. The minimum Gasteiger partial charge on any atom is -0.487 e. The van der Waals surface area contributed by atoms with Crippen LogP contribution < -0.4 is 4.74 Å². The van der Waals surface area contributed by atoms with Gasteiger partial charge in [-0.2, -0.15) is 5.10 Å². The van der Waals surface area contributed by atoms with Crippen molar-refractivity contribution in [2.24, 2.45) is 0 Å². The van der Waals surface area contributed by atoms with Gasteiger partial charge in [0.1, 0.15) is 12.4 Å². The highest BCUT2D eigenvalue weighted by Crippen LogP contribution is 2.25. The van der Waals surface area contributed by atoms with Crippen molar-refractivity contribution < 1.29 is 4.74 Å². The molecular formula is C17H23BrN2O. The molecule has 0 unspecified atom stereocenters. The van der Waals surface area contributed by atoms with E-state index in [1.807, 2.05) is 16.8 Å². The lowest BCUT2D eigenvalue weighted by molar-refractivity contribution is 0.291. The number of hydrogen-bond acceptors (Lipinski definition) is 2. The first-order chi connectivity index (χ1) is 10.1. The molecule has 0 saturated carbocycles. The van der Waals surface area contributed by atoms with Crippen LogP contribution in [0.15, 0.2) is 28.7 Å². The van der Waals surface area contributed by atoms with Gasteiger partial charge in [0.2, 0.25) is 0 Å². The first kappa shape index (κ1) is 16.1. The summed E-state index contributed by atoms with van der Waals surface area (Å²) >= 11 is 3.64. The van der Waals surface area contributed by atoms with Crippen molar-refractivity contribution in [1.29, 1.82) is 0 Å². The third-order valence-corrected chi connectivity index (χ3v) is 4.53. The maximum atomic E-state index is 5.92. The van der Waals surface area contributed by atoms with Crippen LogP contribution in [0.4, 0.5) is 0 Å². The third kappa shape index (κ3) is 3.67. The first-order valence-corrected chi connectivity index (χ1v) is 8.32. The summed E-state index contributed by atoms with van der Waals surface area (Å²) in [5.74, 6) is 1.44. The minimum absolute atomic E-state index is 0.530. The third-order valence-electron chi connectivity index (χ3n) is 3.62. The van der Waals surface area contributed by atoms with E-state index in [1.54, 1.807) is 0 Å². The maximum Gasteiger partial charge on any atom is 0.131 e. The summed E-state index contributed by atoms with van der Waals surface area (Å²) in [6, 6.07) is 8.33. The number of halogens is 1. The summed E-state index contributed by atoms with van der Waals surface area (Å²) in [7, 11) is 0. The summed E-state index contributed by atoms with van der Waals surface area (Å²) in [6.07, 6.45) is 0.920. The summed E-state index contributed by atoms with van der Waals surface area (Å²) in [5.41, 5.74) is 3.52. The average Bonchev–Trinajstić information content (AvgIpc) is 2.81. The highest BCUT2D eigenvalue weighted by molar-refractivity contribution is 9.10. The van der Waals surface area contributed by atoms with Gasteiger partial charge in [0, 0.05) is 6.54 Å². The Morgan fingerprint density at radius 2 is 1.86 bits per heavy atom. The molecule has 1 aromatic carbocycles. The number of nitrogens with zero attached hydrogens (tertiary/aromatic N) is 2. The molecule has 1 aromatic heterocycles. The molecule has 0 atom stereocenters. The zero-order chi connectivity index (χ0) is 15.4. The predicted octanol–water partition coefficient (Wildman–Crippen LogP) is 4.93. The Labute approximate surface area is 135 Å². The van der Waals surface area contributed by atoms with E-state index in [9.17, 15) is 0 Å². The molecule has 0 aliphatic carbocycles. The van der Waals surface area contributed by atoms with Crippen LogP contribution in [0.3, 0.4) is 0 Å². The van der Waals surface area contributed by atoms with Crippen molar-refractivity contribution in [2.45, 2.75) is 53.2 Å². The molecule has 0 aliphatic heterocycles. The van der Waals surface area contributed by atoms with Gasteiger partial charge in [-0.3, -0.25) is 4.68 Å². The fourth-order valence-corrected chi connectivity index (χ4v) is 2.93. The van der Waals surface area contributed by atoms with Crippen LogP contribution in [0, 0.1) is 0 Å². The Kier molecular flexibility index (Phi) is 5.45. The summed E-state index contributed by atoms with van der Waals surface area (Å²) < 4.78 is 9.00. The molecule has 0 fully saturated rings. The molecule has 0 bridgehead atoms. The molecule has 0 aliphatic rings. The van der Waals surface area contributed by atoms with E-state index in [2.05, 4.69) is 60.9 Å². The Morgan fingerprint density at radius 3 is 2.38 bits per heavy atom. The zero-order valence-corrected chi connectivity index (χ0v) is 14.8. The fourth-order valence-electron chi connectivity index (χ4n) is 2.26. The molecule has 1 heterocycles. The number of hydrogen-bond donors (Lipinski definition) is 0. The number of benzene rings is 1. The van der Waals surface area contributed by atoms with E-state index in [-0.39, 0.29) is 0 Å².